The van der Waals surface area contributed by atoms with Gasteiger partial charge in [-0.25, -0.2) is 4.99 Å². The minimum Gasteiger partial charge on any atom is -0.490 e. The van der Waals surface area contributed by atoms with E-state index < -0.39 is 0 Å². The molecule has 6 heteroatoms. The van der Waals surface area contributed by atoms with Crippen LogP contribution in [-0.2, 0) is 4.79 Å². The lowest BCUT2D eigenvalue weighted by atomic mass is 10.2. The highest BCUT2D eigenvalue weighted by Crippen LogP contribution is 2.32. The number of aryl methyl sites for hydroxylation is 1. The molecule has 2 aromatic rings. The number of amidine groups is 1. The lowest BCUT2D eigenvalue weighted by Gasteiger charge is -2.11. The van der Waals surface area contributed by atoms with E-state index in [4.69, 9.17) is 15.9 Å². The topological polar surface area (TPSA) is 59.9 Å². The largest absolute Gasteiger partial charge is 0.490 e. The first-order valence-corrected chi connectivity index (χ1v) is 9.60. The van der Waals surface area contributed by atoms with Gasteiger partial charge in [-0.15, -0.1) is 6.42 Å². The van der Waals surface area contributed by atoms with Crippen LogP contribution in [0.3, 0.4) is 0 Å². The van der Waals surface area contributed by atoms with Crippen LogP contribution in [-0.4, -0.2) is 24.3 Å². The maximum atomic E-state index is 12.3. The number of ether oxygens (including phenoxy) is 2. The second kappa shape index (κ2) is 9.16. The van der Waals surface area contributed by atoms with Crippen molar-refractivity contribution in [3.8, 4) is 23.8 Å². The van der Waals surface area contributed by atoms with E-state index in [9.17, 15) is 4.79 Å². The summed E-state index contributed by atoms with van der Waals surface area (Å²) in [5.74, 6) is 3.42. The Morgan fingerprint density at radius 3 is 2.68 bits per heavy atom. The Labute approximate surface area is 168 Å². The quantitative estimate of drug-likeness (QED) is 0.588. The molecule has 1 aliphatic heterocycles. The van der Waals surface area contributed by atoms with Gasteiger partial charge in [-0.1, -0.05) is 29.7 Å². The Bertz CT molecular complexity index is 972. The number of thioether (sulfide) groups is 1. The minimum absolute atomic E-state index is 0.164. The van der Waals surface area contributed by atoms with Crippen molar-refractivity contribution < 1.29 is 14.3 Å². The second-order valence-corrected chi connectivity index (χ2v) is 6.98. The average Bonchev–Trinajstić information content (AvgIpc) is 3.02. The van der Waals surface area contributed by atoms with Gasteiger partial charge < -0.3 is 14.8 Å². The number of carbonyl (C=O) groups is 1. The Morgan fingerprint density at radius 2 is 1.96 bits per heavy atom. The first kappa shape index (κ1) is 19.6. The molecule has 28 heavy (non-hydrogen) atoms. The lowest BCUT2D eigenvalue weighted by molar-refractivity contribution is -0.115. The van der Waals surface area contributed by atoms with Gasteiger partial charge in [-0.3, -0.25) is 4.79 Å². The summed E-state index contributed by atoms with van der Waals surface area (Å²) in [5.41, 5.74) is 2.78. The van der Waals surface area contributed by atoms with Crippen LogP contribution in [0, 0.1) is 19.3 Å². The molecular formula is C22H20N2O3S. The van der Waals surface area contributed by atoms with Crippen LogP contribution in [0.4, 0.5) is 5.69 Å². The van der Waals surface area contributed by atoms with Crippen LogP contribution in [0.5, 0.6) is 11.5 Å². The van der Waals surface area contributed by atoms with E-state index in [1.807, 2.05) is 50.2 Å². The zero-order valence-electron chi connectivity index (χ0n) is 15.7. The molecule has 1 aliphatic rings. The summed E-state index contributed by atoms with van der Waals surface area (Å²) in [5, 5.41) is 3.35. The van der Waals surface area contributed by atoms with E-state index in [2.05, 4.69) is 16.2 Å². The summed E-state index contributed by atoms with van der Waals surface area (Å²) in [6, 6.07) is 13.3. The van der Waals surface area contributed by atoms with E-state index in [1.165, 1.54) is 11.8 Å². The third-order valence-electron chi connectivity index (χ3n) is 3.79. The Balaban J connectivity index is 1.81. The second-order valence-electron chi connectivity index (χ2n) is 5.95. The van der Waals surface area contributed by atoms with E-state index in [0.717, 1.165) is 16.8 Å². The average molecular weight is 392 g/mol. The van der Waals surface area contributed by atoms with Gasteiger partial charge in [-0.2, -0.15) is 0 Å². The van der Waals surface area contributed by atoms with Crippen LogP contribution in [0.15, 0.2) is 52.4 Å². The number of terminal acetylenes is 1. The molecule has 0 radical (unpaired) electrons. The molecule has 1 N–H and O–H groups in total. The standard InChI is InChI=1S/C22H20N2O3S/c1-4-12-27-18-11-8-16(13-19(18)26-5-2)14-20-21(25)24-22(28-20)23-17-9-6-15(3)7-10-17/h1,6-11,13-14H,5,12H2,2-3H3,(H,23,24,25)/b20-14+. The number of benzene rings is 2. The van der Waals surface area contributed by atoms with Gasteiger partial charge in [-0.05, 0) is 61.5 Å². The first-order valence-electron chi connectivity index (χ1n) is 8.78. The highest BCUT2D eigenvalue weighted by molar-refractivity contribution is 8.18. The van der Waals surface area contributed by atoms with Crippen LogP contribution in [0.25, 0.3) is 6.08 Å². The van der Waals surface area contributed by atoms with Crippen molar-refractivity contribution >= 4 is 34.6 Å². The summed E-state index contributed by atoms with van der Waals surface area (Å²) in [4.78, 5) is 17.3. The maximum Gasteiger partial charge on any atom is 0.264 e. The zero-order valence-corrected chi connectivity index (χ0v) is 16.5. The summed E-state index contributed by atoms with van der Waals surface area (Å²) in [7, 11) is 0. The number of rotatable bonds is 6. The molecule has 1 heterocycles. The number of nitrogens with zero attached hydrogens (tertiary/aromatic N) is 1. The summed E-state index contributed by atoms with van der Waals surface area (Å²) >= 11 is 1.30. The molecule has 0 spiro atoms. The van der Waals surface area contributed by atoms with Crippen LogP contribution in [0.1, 0.15) is 18.1 Å². The van der Waals surface area contributed by atoms with Crippen molar-refractivity contribution in [2.75, 3.05) is 13.2 Å². The predicted molar refractivity (Wildman–Crippen MR) is 114 cm³/mol. The van der Waals surface area contributed by atoms with E-state index in [1.54, 1.807) is 12.1 Å². The van der Waals surface area contributed by atoms with Gasteiger partial charge in [0.2, 0.25) is 0 Å². The first-order chi connectivity index (χ1) is 13.6. The summed E-state index contributed by atoms with van der Waals surface area (Å²) in [6.07, 6.45) is 7.04. The maximum absolute atomic E-state index is 12.3. The highest BCUT2D eigenvalue weighted by Gasteiger charge is 2.24. The van der Waals surface area contributed by atoms with Gasteiger partial charge in [0.15, 0.2) is 16.7 Å². The van der Waals surface area contributed by atoms with Gasteiger partial charge in [0.25, 0.3) is 5.91 Å². The highest BCUT2D eigenvalue weighted by atomic mass is 32.2. The van der Waals surface area contributed by atoms with Crippen LogP contribution < -0.4 is 14.8 Å². The van der Waals surface area contributed by atoms with Gasteiger partial charge >= 0.3 is 0 Å². The Hall–Kier alpha value is -3.17. The number of hydrogen-bond acceptors (Lipinski definition) is 5. The minimum atomic E-state index is -0.179. The molecule has 0 aliphatic carbocycles. The van der Waals surface area contributed by atoms with Crippen LogP contribution in [0.2, 0.25) is 0 Å². The molecular weight excluding hydrogens is 372 g/mol. The van der Waals surface area contributed by atoms with Gasteiger partial charge in [0.05, 0.1) is 17.2 Å². The predicted octanol–water partition coefficient (Wildman–Crippen LogP) is 4.30. The number of nitrogens with one attached hydrogen (secondary N) is 1. The number of aliphatic imine (C=N–C) groups is 1. The molecule has 142 valence electrons. The summed E-state index contributed by atoms with van der Waals surface area (Å²) < 4.78 is 11.1. The normalized spacial score (nSPS) is 16.1. The smallest absolute Gasteiger partial charge is 0.264 e. The molecule has 0 atom stereocenters. The monoisotopic (exact) mass is 392 g/mol. The number of carbonyl (C=O) groups excluding carboxylic acids is 1. The number of hydrogen-bond donors (Lipinski definition) is 1. The molecule has 1 amide bonds. The van der Waals surface area contributed by atoms with Crippen molar-refractivity contribution in [3.05, 3.63) is 58.5 Å². The van der Waals surface area contributed by atoms with Gasteiger partial charge in [0.1, 0.15) is 6.61 Å². The molecule has 0 bridgehead atoms. The fourth-order valence-electron chi connectivity index (χ4n) is 2.49. The fourth-order valence-corrected chi connectivity index (χ4v) is 3.33. The molecule has 1 fully saturated rings. The Kier molecular flexibility index (Phi) is 6.41. The van der Waals surface area contributed by atoms with E-state index in [0.29, 0.717) is 28.2 Å². The molecule has 0 saturated carbocycles. The van der Waals surface area contributed by atoms with Crippen molar-refractivity contribution in [2.24, 2.45) is 4.99 Å². The molecule has 2 aromatic carbocycles. The third kappa shape index (κ3) is 4.96. The zero-order chi connectivity index (χ0) is 19.9. The molecule has 0 aromatic heterocycles. The SMILES string of the molecule is C#CCOc1ccc(/C=C2/SC(=Nc3ccc(C)cc3)NC2=O)cc1OCC. The number of amides is 1. The van der Waals surface area contributed by atoms with Gasteiger partial charge in [0, 0.05) is 0 Å². The van der Waals surface area contributed by atoms with Crippen molar-refractivity contribution in [1.82, 2.24) is 5.32 Å². The van der Waals surface area contributed by atoms with E-state index >= 15 is 0 Å². The molecule has 0 unspecified atom stereocenters. The third-order valence-corrected chi connectivity index (χ3v) is 4.70. The molecule has 5 nitrogen and oxygen atoms in total. The van der Waals surface area contributed by atoms with E-state index in [-0.39, 0.29) is 12.5 Å². The van der Waals surface area contributed by atoms with Crippen LogP contribution >= 0.6 is 11.8 Å². The van der Waals surface area contributed by atoms with Crippen molar-refractivity contribution in [1.29, 1.82) is 0 Å². The van der Waals surface area contributed by atoms with Crippen molar-refractivity contribution in [3.63, 3.8) is 0 Å². The Morgan fingerprint density at radius 1 is 1.18 bits per heavy atom. The summed E-state index contributed by atoms with van der Waals surface area (Å²) in [6.45, 7) is 4.57. The lowest BCUT2D eigenvalue weighted by Crippen LogP contribution is -2.19. The molecule has 1 saturated heterocycles. The molecule has 3 rings (SSSR count). The fraction of sp³-hybridized carbons (Fsp3) is 0.182. The van der Waals surface area contributed by atoms with Crippen molar-refractivity contribution in [2.45, 2.75) is 13.8 Å².